The van der Waals surface area contributed by atoms with Crippen LogP contribution < -0.4 is 0 Å². The highest BCUT2D eigenvalue weighted by Crippen LogP contribution is 2.31. The third-order valence-electron chi connectivity index (χ3n) is 3.95. The van der Waals surface area contributed by atoms with Gasteiger partial charge in [-0.3, -0.25) is 4.90 Å². The van der Waals surface area contributed by atoms with E-state index in [-0.39, 0.29) is 11.3 Å². The molecular weight excluding hydrogens is 282 g/mol. The smallest absolute Gasteiger partial charge is 0.152 e. The molecule has 0 saturated carbocycles. The van der Waals surface area contributed by atoms with Crippen molar-refractivity contribution in [3.05, 3.63) is 34.9 Å². The lowest BCUT2D eigenvalue weighted by Gasteiger charge is -2.37. The molecule has 5 heteroatoms. The Balaban J connectivity index is 2.20. The zero-order valence-corrected chi connectivity index (χ0v) is 13.0. The fraction of sp³-hybridized carbons (Fsp3) is 0.571. The molecule has 0 radical (unpaired) electrons. The highest BCUT2D eigenvalue weighted by molar-refractivity contribution is 7.91. The zero-order valence-electron chi connectivity index (χ0n) is 11.4. The van der Waals surface area contributed by atoms with Crippen molar-refractivity contribution in [2.75, 3.05) is 18.1 Å². The van der Waals surface area contributed by atoms with Crippen molar-refractivity contribution in [2.24, 2.45) is 0 Å². The molecular formula is C14H20ClNO2S. The molecule has 1 heterocycles. The minimum atomic E-state index is -2.89. The molecule has 0 aromatic heterocycles. The summed E-state index contributed by atoms with van der Waals surface area (Å²) in [5, 5.41) is 0.741. The normalized spacial score (nSPS) is 25.9. The second kappa shape index (κ2) is 5.43. The number of sulfone groups is 1. The van der Waals surface area contributed by atoms with Gasteiger partial charge in [0.05, 0.1) is 11.5 Å². The number of hydrogen-bond acceptors (Lipinski definition) is 3. The summed E-state index contributed by atoms with van der Waals surface area (Å²) in [6.45, 7) is 5.62. The van der Waals surface area contributed by atoms with E-state index >= 15 is 0 Å². The first kappa shape index (κ1) is 14.8. The molecule has 106 valence electrons. The van der Waals surface area contributed by atoms with Crippen LogP contribution in [0, 0.1) is 0 Å². The van der Waals surface area contributed by atoms with Gasteiger partial charge in [-0.05, 0) is 31.5 Å². The van der Waals surface area contributed by atoms with E-state index < -0.39 is 9.84 Å². The van der Waals surface area contributed by atoms with Gasteiger partial charge >= 0.3 is 0 Å². The SMILES string of the molecule is CCN(Cc1ccccc1Cl)[C@]1(C)CCS(=O)(=O)C1. The molecule has 0 bridgehead atoms. The molecule has 2 rings (SSSR count). The Morgan fingerprint density at radius 3 is 2.58 bits per heavy atom. The van der Waals surface area contributed by atoms with Crippen LogP contribution in [-0.4, -0.2) is 36.9 Å². The molecule has 1 atom stereocenters. The maximum Gasteiger partial charge on any atom is 0.152 e. The highest BCUT2D eigenvalue weighted by atomic mass is 35.5. The largest absolute Gasteiger partial charge is 0.293 e. The van der Waals surface area contributed by atoms with Gasteiger partial charge < -0.3 is 0 Å². The molecule has 0 N–H and O–H groups in total. The van der Waals surface area contributed by atoms with Crippen LogP contribution in [0.1, 0.15) is 25.8 Å². The first-order valence-electron chi connectivity index (χ1n) is 6.55. The van der Waals surface area contributed by atoms with Gasteiger partial charge in [-0.25, -0.2) is 8.42 Å². The Hall–Kier alpha value is -0.580. The maximum atomic E-state index is 11.7. The minimum absolute atomic E-state index is 0.248. The van der Waals surface area contributed by atoms with Gasteiger partial charge in [0, 0.05) is 17.1 Å². The monoisotopic (exact) mass is 301 g/mol. The van der Waals surface area contributed by atoms with E-state index in [1.165, 1.54) is 0 Å². The van der Waals surface area contributed by atoms with Crippen molar-refractivity contribution < 1.29 is 8.42 Å². The Morgan fingerprint density at radius 2 is 2.05 bits per heavy atom. The van der Waals surface area contributed by atoms with E-state index in [2.05, 4.69) is 11.8 Å². The summed E-state index contributed by atoms with van der Waals surface area (Å²) < 4.78 is 23.5. The van der Waals surface area contributed by atoms with E-state index in [9.17, 15) is 8.42 Å². The van der Waals surface area contributed by atoms with Crippen molar-refractivity contribution in [1.29, 1.82) is 0 Å². The van der Waals surface area contributed by atoms with Crippen molar-refractivity contribution in [3.8, 4) is 0 Å². The van der Waals surface area contributed by atoms with Crippen molar-refractivity contribution in [1.82, 2.24) is 4.90 Å². The van der Waals surface area contributed by atoms with Crippen molar-refractivity contribution >= 4 is 21.4 Å². The quantitative estimate of drug-likeness (QED) is 0.858. The van der Waals surface area contributed by atoms with Gasteiger partial charge in [0.2, 0.25) is 0 Å². The Kier molecular flexibility index (Phi) is 4.23. The van der Waals surface area contributed by atoms with Gasteiger partial charge in [-0.2, -0.15) is 0 Å². The summed E-state index contributed by atoms with van der Waals surface area (Å²) in [5.41, 5.74) is 0.781. The second-order valence-corrected chi connectivity index (χ2v) is 8.04. The Bertz CT molecular complexity index is 558. The molecule has 0 amide bonds. The van der Waals surface area contributed by atoms with Gasteiger partial charge in [-0.15, -0.1) is 0 Å². The molecule has 0 aliphatic carbocycles. The molecule has 1 fully saturated rings. The third kappa shape index (κ3) is 3.30. The van der Waals surface area contributed by atoms with E-state index in [4.69, 9.17) is 11.6 Å². The Morgan fingerprint density at radius 1 is 1.37 bits per heavy atom. The second-order valence-electron chi connectivity index (χ2n) is 5.44. The Labute approximate surface area is 120 Å². The van der Waals surface area contributed by atoms with Crippen LogP contribution in [0.5, 0.6) is 0 Å². The molecule has 1 aliphatic rings. The predicted molar refractivity (Wildman–Crippen MR) is 79.2 cm³/mol. The minimum Gasteiger partial charge on any atom is -0.293 e. The third-order valence-corrected chi connectivity index (χ3v) is 6.20. The first-order chi connectivity index (χ1) is 8.86. The summed E-state index contributed by atoms with van der Waals surface area (Å²) >= 11 is 6.19. The van der Waals surface area contributed by atoms with Crippen molar-refractivity contribution in [3.63, 3.8) is 0 Å². The summed E-state index contributed by atoms with van der Waals surface area (Å²) in [4.78, 5) is 2.22. The fourth-order valence-corrected chi connectivity index (χ4v) is 5.12. The number of benzene rings is 1. The molecule has 3 nitrogen and oxygen atoms in total. The van der Waals surface area contributed by atoms with Gasteiger partial charge in [0.25, 0.3) is 0 Å². The van der Waals surface area contributed by atoms with Gasteiger partial charge in [0.1, 0.15) is 0 Å². The zero-order chi connectivity index (χ0) is 14.1. The summed E-state index contributed by atoms with van der Waals surface area (Å²) in [6, 6.07) is 7.74. The summed E-state index contributed by atoms with van der Waals surface area (Å²) in [5.74, 6) is 0.542. The average molecular weight is 302 g/mol. The molecule has 1 aromatic carbocycles. The topological polar surface area (TPSA) is 37.4 Å². The first-order valence-corrected chi connectivity index (χ1v) is 8.75. The molecule has 1 saturated heterocycles. The maximum absolute atomic E-state index is 11.7. The number of rotatable bonds is 4. The standard InChI is InChI=1S/C14H20ClNO2S/c1-3-16(10-12-6-4-5-7-13(12)15)14(2)8-9-19(17,18)11-14/h4-7H,3,8-11H2,1-2H3/t14-/m1/s1. The number of hydrogen-bond donors (Lipinski definition) is 0. The van der Waals surface area contributed by atoms with Crippen LogP contribution in [0.2, 0.25) is 5.02 Å². The van der Waals surface area contributed by atoms with Gasteiger partial charge in [0.15, 0.2) is 9.84 Å². The molecule has 0 spiro atoms. The predicted octanol–water partition coefficient (Wildman–Crippen LogP) is 2.74. The average Bonchev–Trinajstić information content (AvgIpc) is 2.63. The number of halogens is 1. The van der Waals surface area contributed by atoms with E-state index in [0.717, 1.165) is 17.1 Å². The van der Waals surface area contributed by atoms with Crippen LogP contribution in [0.4, 0.5) is 0 Å². The lowest BCUT2D eigenvalue weighted by molar-refractivity contribution is 0.125. The lowest BCUT2D eigenvalue weighted by atomic mass is 9.98. The lowest BCUT2D eigenvalue weighted by Crippen LogP contribution is -2.46. The van der Waals surface area contributed by atoms with E-state index in [1.54, 1.807) is 0 Å². The van der Waals surface area contributed by atoms with Crippen LogP contribution in [-0.2, 0) is 16.4 Å². The van der Waals surface area contributed by atoms with E-state index in [1.807, 2.05) is 31.2 Å². The van der Waals surface area contributed by atoms with Crippen LogP contribution in [0.25, 0.3) is 0 Å². The fourth-order valence-electron chi connectivity index (χ4n) is 2.76. The summed E-state index contributed by atoms with van der Waals surface area (Å²) in [7, 11) is -2.89. The van der Waals surface area contributed by atoms with Crippen LogP contribution in [0.3, 0.4) is 0 Å². The van der Waals surface area contributed by atoms with Gasteiger partial charge in [-0.1, -0.05) is 36.7 Å². The molecule has 1 aromatic rings. The molecule has 1 aliphatic heterocycles. The highest BCUT2D eigenvalue weighted by Gasteiger charge is 2.42. The number of nitrogens with zero attached hydrogens (tertiary/aromatic N) is 1. The van der Waals surface area contributed by atoms with Crippen LogP contribution in [0.15, 0.2) is 24.3 Å². The van der Waals surface area contributed by atoms with Crippen molar-refractivity contribution in [2.45, 2.75) is 32.4 Å². The summed E-state index contributed by atoms with van der Waals surface area (Å²) in [6.07, 6.45) is 0.702. The molecule has 0 unspecified atom stereocenters. The van der Waals surface area contributed by atoms with Crippen LogP contribution >= 0.6 is 11.6 Å². The molecule has 19 heavy (non-hydrogen) atoms. The van der Waals surface area contributed by atoms with E-state index in [0.29, 0.717) is 18.7 Å².